The van der Waals surface area contributed by atoms with Crippen LogP contribution in [0, 0.1) is 0 Å². The van der Waals surface area contributed by atoms with E-state index < -0.39 is 0 Å². The highest BCUT2D eigenvalue weighted by molar-refractivity contribution is 5.91. The van der Waals surface area contributed by atoms with Gasteiger partial charge in [-0.2, -0.15) is 0 Å². The van der Waals surface area contributed by atoms with Crippen molar-refractivity contribution < 1.29 is 4.74 Å². The number of benzene rings is 1. The van der Waals surface area contributed by atoms with Crippen LogP contribution in [-0.4, -0.2) is 35.2 Å². The lowest BCUT2D eigenvalue weighted by Crippen LogP contribution is -2.29. The van der Waals surface area contributed by atoms with Gasteiger partial charge in [-0.15, -0.1) is 0 Å². The molecule has 1 aromatic carbocycles. The summed E-state index contributed by atoms with van der Waals surface area (Å²) in [6, 6.07) is 7.94. The number of nitrogen functional groups attached to an aromatic ring is 1. The average Bonchev–Trinajstić information content (AvgIpc) is 2.55. The first kappa shape index (κ1) is 12.8. The van der Waals surface area contributed by atoms with Gasteiger partial charge in [-0.25, -0.2) is 15.0 Å². The third-order valence-corrected chi connectivity index (χ3v) is 3.88. The van der Waals surface area contributed by atoms with Crippen molar-refractivity contribution in [1.29, 1.82) is 0 Å². The number of hydrogen-bond acceptors (Lipinski definition) is 6. The maximum Gasteiger partial charge on any atom is 0.171 e. The number of likely N-dealkylation sites (N-methyl/N-ethyl adjacent to an activating group) is 1. The van der Waals surface area contributed by atoms with Crippen molar-refractivity contribution >= 4 is 22.5 Å². The molecule has 3 heterocycles. The number of anilines is 2. The average molecular weight is 293 g/mol. The fourth-order valence-corrected chi connectivity index (χ4v) is 2.64. The Hall–Kier alpha value is -2.89. The number of nitrogens with zero attached hydrogens (tertiary/aromatic N) is 4. The van der Waals surface area contributed by atoms with Crippen LogP contribution in [0.1, 0.15) is 0 Å². The summed E-state index contributed by atoms with van der Waals surface area (Å²) in [5, 5.41) is 0.843. The second kappa shape index (κ2) is 4.84. The van der Waals surface area contributed by atoms with Crippen molar-refractivity contribution in [3.05, 3.63) is 36.8 Å². The summed E-state index contributed by atoms with van der Waals surface area (Å²) in [4.78, 5) is 14.9. The van der Waals surface area contributed by atoms with Gasteiger partial charge in [0.1, 0.15) is 18.8 Å². The number of nitrogens with two attached hydrogens (primary N) is 1. The number of ether oxygens (including phenoxy) is 1. The van der Waals surface area contributed by atoms with Gasteiger partial charge in [0.25, 0.3) is 0 Å². The van der Waals surface area contributed by atoms with Gasteiger partial charge in [-0.05, 0) is 23.8 Å². The molecule has 6 heteroatoms. The summed E-state index contributed by atoms with van der Waals surface area (Å²) in [5.74, 6) is 2.16. The maximum absolute atomic E-state index is 5.93. The standard InChI is InChI=1S/C16H15N5O/c1-21-4-5-22-14-7-11(8-18-16(14)21)10-2-3-13-12(6-10)15(17)20-9-19-13/h2-3,6-9H,4-5H2,1H3,(H2,17,19,20). The van der Waals surface area contributed by atoms with Crippen LogP contribution in [0.25, 0.3) is 22.0 Å². The Morgan fingerprint density at radius 2 is 2.05 bits per heavy atom. The molecule has 0 atom stereocenters. The van der Waals surface area contributed by atoms with Crippen molar-refractivity contribution in [3.63, 3.8) is 0 Å². The monoisotopic (exact) mass is 293 g/mol. The van der Waals surface area contributed by atoms with Gasteiger partial charge >= 0.3 is 0 Å². The highest BCUT2D eigenvalue weighted by atomic mass is 16.5. The third kappa shape index (κ3) is 2.00. The predicted octanol–water partition coefficient (Wildman–Crippen LogP) is 2.10. The molecule has 0 radical (unpaired) electrons. The highest BCUT2D eigenvalue weighted by Crippen LogP contribution is 2.33. The van der Waals surface area contributed by atoms with E-state index in [0.717, 1.165) is 40.1 Å². The lowest BCUT2D eigenvalue weighted by atomic mass is 10.0. The fraction of sp³-hybridized carbons (Fsp3) is 0.188. The van der Waals surface area contributed by atoms with E-state index in [2.05, 4.69) is 19.9 Å². The number of pyridine rings is 1. The van der Waals surface area contributed by atoms with Crippen molar-refractivity contribution in [2.24, 2.45) is 0 Å². The van der Waals surface area contributed by atoms with E-state index >= 15 is 0 Å². The Morgan fingerprint density at radius 3 is 2.95 bits per heavy atom. The van der Waals surface area contributed by atoms with Crippen LogP contribution in [0.4, 0.5) is 11.6 Å². The fourth-order valence-electron chi connectivity index (χ4n) is 2.64. The second-order valence-corrected chi connectivity index (χ2v) is 5.31. The van der Waals surface area contributed by atoms with Crippen LogP contribution in [-0.2, 0) is 0 Å². The van der Waals surface area contributed by atoms with Gasteiger partial charge in [-0.3, -0.25) is 0 Å². The van der Waals surface area contributed by atoms with Crippen LogP contribution < -0.4 is 15.4 Å². The molecule has 2 aromatic heterocycles. The minimum atomic E-state index is 0.480. The molecule has 0 aliphatic carbocycles. The minimum absolute atomic E-state index is 0.480. The molecule has 0 fully saturated rings. The molecule has 4 rings (SSSR count). The van der Waals surface area contributed by atoms with Gasteiger partial charge in [0, 0.05) is 24.2 Å². The summed E-state index contributed by atoms with van der Waals surface area (Å²) >= 11 is 0. The van der Waals surface area contributed by atoms with Crippen molar-refractivity contribution in [1.82, 2.24) is 15.0 Å². The number of fused-ring (bicyclic) bond motifs is 2. The molecule has 22 heavy (non-hydrogen) atoms. The molecular formula is C16H15N5O. The zero-order valence-corrected chi connectivity index (χ0v) is 12.2. The Morgan fingerprint density at radius 1 is 1.14 bits per heavy atom. The number of aromatic nitrogens is 3. The van der Waals surface area contributed by atoms with E-state index in [9.17, 15) is 0 Å². The van der Waals surface area contributed by atoms with E-state index in [1.54, 1.807) is 0 Å². The van der Waals surface area contributed by atoms with Gasteiger partial charge in [0.2, 0.25) is 0 Å². The Bertz CT molecular complexity index is 864. The van der Waals surface area contributed by atoms with Gasteiger partial charge in [-0.1, -0.05) is 6.07 Å². The molecule has 2 N–H and O–H groups in total. The molecule has 1 aliphatic heterocycles. The van der Waals surface area contributed by atoms with Crippen molar-refractivity contribution in [2.45, 2.75) is 0 Å². The molecule has 0 bridgehead atoms. The molecule has 0 saturated heterocycles. The van der Waals surface area contributed by atoms with Crippen molar-refractivity contribution in [3.8, 4) is 16.9 Å². The van der Waals surface area contributed by atoms with E-state index in [1.807, 2.05) is 37.5 Å². The molecular weight excluding hydrogens is 278 g/mol. The quantitative estimate of drug-likeness (QED) is 0.740. The SMILES string of the molecule is CN1CCOc2cc(-c3ccc4ncnc(N)c4c3)cnc21. The first-order chi connectivity index (χ1) is 10.7. The minimum Gasteiger partial charge on any atom is -0.488 e. The van der Waals surface area contributed by atoms with Crippen molar-refractivity contribution in [2.75, 3.05) is 30.8 Å². The summed E-state index contributed by atoms with van der Waals surface area (Å²) in [6.07, 6.45) is 3.33. The Balaban J connectivity index is 1.83. The third-order valence-electron chi connectivity index (χ3n) is 3.88. The van der Waals surface area contributed by atoms with Crippen LogP contribution in [0.15, 0.2) is 36.8 Å². The van der Waals surface area contributed by atoms with Gasteiger partial charge in [0.15, 0.2) is 11.6 Å². The normalized spacial score (nSPS) is 13.8. The summed E-state index contributed by atoms with van der Waals surface area (Å²) in [5.41, 5.74) is 8.77. The predicted molar refractivity (Wildman–Crippen MR) is 85.9 cm³/mol. The molecule has 0 saturated carbocycles. The molecule has 110 valence electrons. The maximum atomic E-state index is 5.93. The van der Waals surface area contributed by atoms with E-state index in [0.29, 0.717) is 12.4 Å². The molecule has 1 aliphatic rings. The Labute approximate surface area is 127 Å². The van der Waals surface area contributed by atoms with Crippen LogP contribution in [0.2, 0.25) is 0 Å². The first-order valence-electron chi connectivity index (χ1n) is 7.07. The first-order valence-corrected chi connectivity index (χ1v) is 7.07. The summed E-state index contributed by atoms with van der Waals surface area (Å²) in [7, 11) is 2.02. The van der Waals surface area contributed by atoms with Gasteiger partial charge < -0.3 is 15.4 Å². The largest absolute Gasteiger partial charge is 0.488 e. The zero-order chi connectivity index (χ0) is 15.1. The lowest BCUT2D eigenvalue weighted by Gasteiger charge is -2.26. The molecule has 0 unspecified atom stereocenters. The smallest absolute Gasteiger partial charge is 0.171 e. The molecule has 6 nitrogen and oxygen atoms in total. The van der Waals surface area contributed by atoms with Crippen LogP contribution in [0.5, 0.6) is 5.75 Å². The van der Waals surface area contributed by atoms with E-state index in [4.69, 9.17) is 10.5 Å². The Kier molecular flexibility index (Phi) is 2.82. The van der Waals surface area contributed by atoms with Gasteiger partial charge in [0.05, 0.1) is 12.1 Å². The topological polar surface area (TPSA) is 77.2 Å². The number of rotatable bonds is 1. The highest BCUT2D eigenvalue weighted by Gasteiger charge is 2.17. The summed E-state index contributed by atoms with van der Waals surface area (Å²) < 4.78 is 5.71. The number of hydrogen-bond donors (Lipinski definition) is 1. The molecule has 0 amide bonds. The molecule has 0 spiro atoms. The van der Waals surface area contributed by atoms with E-state index in [1.165, 1.54) is 6.33 Å². The summed E-state index contributed by atoms with van der Waals surface area (Å²) in [6.45, 7) is 1.52. The second-order valence-electron chi connectivity index (χ2n) is 5.31. The van der Waals surface area contributed by atoms with Crippen LogP contribution >= 0.6 is 0 Å². The molecule has 3 aromatic rings. The zero-order valence-electron chi connectivity index (χ0n) is 12.2. The van der Waals surface area contributed by atoms with Crippen LogP contribution in [0.3, 0.4) is 0 Å². The lowest BCUT2D eigenvalue weighted by molar-refractivity contribution is 0.309. The van der Waals surface area contributed by atoms with E-state index in [-0.39, 0.29) is 0 Å².